The number of nitrogens with zero attached hydrogens (tertiary/aromatic N) is 6. The fourth-order valence-electron chi connectivity index (χ4n) is 6.22. The van der Waals surface area contributed by atoms with Crippen LogP contribution in [0.1, 0.15) is 52.0 Å². The van der Waals surface area contributed by atoms with Gasteiger partial charge in [0.2, 0.25) is 0 Å². The van der Waals surface area contributed by atoms with Crippen molar-refractivity contribution in [2.75, 3.05) is 12.4 Å². The van der Waals surface area contributed by atoms with E-state index < -0.39 is 47.7 Å². The topological polar surface area (TPSA) is 208 Å². The van der Waals surface area contributed by atoms with Crippen LogP contribution in [-0.4, -0.2) is 81.7 Å². The van der Waals surface area contributed by atoms with Crippen molar-refractivity contribution in [3.63, 3.8) is 0 Å². The number of anilines is 2. The normalized spacial score (nSPS) is 23.3. The molecule has 17 heteroatoms. The molecule has 5 N–H and O–H groups in total. The van der Waals surface area contributed by atoms with Crippen molar-refractivity contribution >= 4 is 45.8 Å². The van der Waals surface area contributed by atoms with Crippen LogP contribution in [0.4, 0.5) is 20.8 Å². The van der Waals surface area contributed by atoms with Gasteiger partial charge >= 0.3 is 23.8 Å². The molecule has 4 aromatic rings. The molecule has 240 valence electrons. The van der Waals surface area contributed by atoms with Gasteiger partial charge in [-0.25, -0.2) is 38.0 Å². The lowest BCUT2D eigenvalue weighted by molar-refractivity contribution is -0.374. The molecular formula is C28H33FN8O8. The van der Waals surface area contributed by atoms with Crippen LogP contribution >= 0.6 is 0 Å². The van der Waals surface area contributed by atoms with Gasteiger partial charge in [0.15, 0.2) is 11.2 Å². The molecule has 2 unspecified atom stereocenters. The number of carbonyl (C=O) groups excluding carboxylic acids is 2. The smallest absolute Gasteiger partial charge is 0.407 e. The van der Waals surface area contributed by atoms with Crippen molar-refractivity contribution in [1.82, 2.24) is 34.2 Å². The molecular weight excluding hydrogens is 595 g/mol. The Kier molecular flexibility index (Phi) is 7.49. The van der Waals surface area contributed by atoms with Crippen LogP contribution in [0.15, 0.2) is 35.4 Å². The van der Waals surface area contributed by atoms with Gasteiger partial charge in [-0.3, -0.25) is 4.57 Å². The first-order chi connectivity index (χ1) is 21.3. The molecule has 0 aromatic carbocycles. The third-order valence-electron chi connectivity index (χ3n) is 8.26. The van der Waals surface area contributed by atoms with Crippen LogP contribution in [0.25, 0.3) is 22.1 Å². The van der Waals surface area contributed by atoms with Gasteiger partial charge in [0.25, 0.3) is 0 Å². The maximum atomic E-state index is 14.2. The summed E-state index contributed by atoms with van der Waals surface area (Å²) in [5.74, 6) is -0.0823. The maximum Gasteiger partial charge on any atom is 0.407 e. The predicted octanol–water partition coefficient (Wildman–Crippen LogP) is 1.46. The molecule has 0 aliphatic heterocycles. The molecule has 0 bridgehead atoms. The Morgan fingerprint density at radius 3 is 2.56 bits per heavy atom. The SMILES string of the molecule is COC(=O)NC1CCC(n2c(=O)n(C(O)(O)O)c3cnc(Nc4ccc5cnn(C6(C(=O)OC(C)C)CC(F)C6)c5n4)cc32)C1. The number of pyridine rings is 2. The molecule has 4 heterocycles. The van der Waals surface area contributed by atoms with E-state index >= 15 is 0 Å². The minimum absolute atomic E-state index is 0.0553. The molecule has 2 atom stereocenters. The Morgan fingerprint density at radius 1 is 1.13 bits per heavy atom. The van der Waals surface area contributed by atoms with Gasteiger partial charge in [0.1, 0.15) is 17.8 Å². The zero-order valence-corrected chi connectivity index (χ0v) is 24.7. The highest BCUT2D eigenvalue weighted by Crippen LogP contribution is 2.44. The number of imidazole rings is 1. The number of halogens is 1. The summed E-state index contributed by atoms with van der Waals surface area (Å²) >= 11 is 0. The molecule has 2 fully saturated rings. The average Bonchev–Trinajstić information content (AvgIpc) is 3.65. The van der Waals surface area contributed by atoms with Crippen LogP contribution in [0.5, 0.6) is 0 Å². The number of methoxy groups -OCH3 is 1. The van der Waals surface area contributed by atoms with Crippen LogP contribution < -0.4 is 16.3 Å². The van der Waals surface area contributed by atoms with Gasteiger partial charge < -0.3 is 35.4 Å². The van der Waals surface area contributed by atoms with Crippen molar-refractivity contribution in [1.29, 1.82) is 0 Å². The monoisotopic (exact) mass is 628 g/mol. The first-order valence-corrected chi connectivity index (χ1v) is 14.4. The summed E-state index contributed by atoms with van der Waals surface area (Å²) in [6, 6.07) is 4.10. The number of aliphatic hydroxyl groups is 3. The van der Waals surface area contributed by atoms with Crippen molar-refractivity contribution in [2.45, 2.75) is 81.9 Å². The molecule has 6 rings (SSSR count). The van der Waals surface area contributed by atoms with Crippen LogP contribution in [-0.2, 0) is 25.9 Å². The first kappa shape index (κ1) is 30.4. The highest BCUT2D eigenvalue weighted by atomic mass is 19.1. The van der Waals surface area contributed by atoms with E-state index in [4.69, 9.17) is 4.74 Å². The Hall–Kier alpha value is -4.61. The number of carbonyl (C=O) groups is 2. The maximum absolute atomic E-state index is 14.2. The average molecular weight is 629 g/mol. The number of aromatic nitrogens is 6. The summed E-state index contributed by atoms with van der Waals surface area (Å²) < 4.78 is 27.4. The molecule has 0 radical (unpaired) electrons. The Morgan fingerprint density at radius 2 is 1.89 bits per heavy atom. The second kappa shape index (κ2) is 11.1. The number of nitrogens with one attached hydrogen (secondary N) is 2. The van der Waals surface area contributed by atoms with Gasteiger partial charge in [-0.05, 0) is 45.2 Å². The fourth-order valence-corrected chi connectivity index (χ4v) is 6.22. The molecule has 0 spiro atoms. The first-order valence-electron chi connectivity index (χ1n) is 14.4. The molecule has 45 heavy (non-hydrogen) atoms. The lowest BCUT2D eigenvalue weighted by atomic mass is 9.75. The van der Waals surface area contributed by atoms with E-state index in [1.807, 2.05) is 0 Å². The highest BCUT2D eigenvalue weighted by molar-refractivity contribution is 5.85. The number of esters is 1. The van der Waals surface area contributed by atoms with Crippen LogP contribution in [0.3, 0.4) is 0 Å². The van der Waals surface area contributed by atoms with Gasteiger partial charge in [0.05, 0.1) is 36.6 Å². The summed E-state index contributed by atoms with van der Waals surface area (Å²) in [6.45, 7) is 3.42. The number of alkyl halides is 1. The Labute approximate surface area is 254 Å². The number of alkyl carbamates (subject to hydrolysis) is 1. The lowest BCUT2D eigenvalue weighted by Crippen LogP contribution is -2.55. The molecule has 2 aliphatic rings. The van der Waals surface area contributed by atoms with Gasteiger partial charge in [-0.1, -0.05) is 0 Å². The van der Waals surface area contributed by atoms with Crippen molar-refractivity contribution < 1.29 is 38.8 Å². The summed E-state index contributed by atoms with van der Waals surface area (Å²) in [5.41, 5.74) is -1.74. The summed E-state index contributed by atoms with van der Waals surface area (Å²) in [4.78, 5) is 47.1. The van der Waals surface area contributed by atoms with E-state index in [-0.39, 0.29) is 41.6 Å². The second-order valence-corrected chi connectivity index (χ2v) is 11.7. The zero-order chi connectivity index (χ0) is 32.3. The molecule has 2 saturated carbocycles. The van der Waals surface area contributed by atoms with Gasteiger partial charge in [0, 0.05) is 36.4 Å². The second-order valence-electron chi connectivity index (χ2n) is 11.7. The van der Waals surface area contributed by atoms with Gasteiger partial charge in [-0.2, -0.15) is 5.10 Å². The van der Waals surface area contributed by atoms with Crippen LogP contribution in [0, 0.1) is 0 Å². The summed E-state index contributed by atoms with van der Waals surface area (Å²) in [7, 11) is 1.25. The van der Waals surface area contributed by atoms with Gasteiger partial charge in [-0.15, -0.1) is 0 Å². The van der Waals surface area contributed by atoms with E-state index in [1.165, 1.54) is 34.8 Å². The molecule has 4 aromatic heterocycles. The number of hydrogen-bond donors (Lipinski definition) is 5. The van der Waals surface area contributed by atoms with E-state index in [1.54, 1.807) is 26.0 Å². The Balaban J connectivity index is 1.36. The number of fused-ring (bicyclic) bond motifs is 2. The molecule has 1 amide bonds. The van der Waals surface area contributed by atoms with Crippen molar-refractivity contribution in [3.8, 4) is 0 Å². The third kappa shape index (κ3) is 5.36. The summed E-state index contributed by atoms with van der Waals surface area (Å²) in [5, 5.41) is 40.7. The number of amides is 1. The van der Waals surface area contributed by atoms with E-state index in [0.717, 1.165) is 0 Å². The summed E-state index contributed by atoms with van der Waals surface area (Å²) in [6.07, 6.45) is -1.82. The van der Waals surface area contributed by atoms with Crippen molar-refractivity contribution in [3.05, 3.63) is 41.1 Å². The third-order valence-corrected chi connectivity index (χ3v) is 8.26. The van der Waals surface area contributed by atoms with E-state index in [2.05, 4.69) is 30.4 Å². The molecule has 0 saturated heterocycles. The largest absolute Gasteiger partial charge is 0.461 e. The lowest BCUT2D eigenvalue weighted by Gasteiger charge is -2.42. The van der Waals surface area contributed by atoms with E-state index in [0.29, 0.717) is 34.9 Å². The fraction of sp³-hybridized carbons (Fsp3) is 0.500. The molecule has 16 nitrogen and oxygen atoms in total. The Bertz CT molecular complexity index is 1840. The quantitative estimate of drug-likeness (QED) is 0.139. The highest BCUT2D eigenvalue weighted by Gasteiger charge is 2.55. The number of ether oxygens (including phenoxy) is 2. The zero-order valence-electron chi connectivity index (χ0n) is 24.7. The minimum atomic E-state index is -3.50. The number of rotatable bonds is 8. The standard InChI is InChI=1S/C28H33FN8O8/c1-14(2)45-24(38)27(10-16(29)11-27)37-23-15(12-31-37)4-7-21(34-23)33-22-9-19-20(13-30-22)36(28(41,42)43)26(40)35(19)18-6-5-17(8-18)32-25(39)44-3/h4,7,9,12-14,16-18,41-43H,5-6,8,10-11H2,1-3H3,(H,32,39)(H,30,33,34). The van der Waals surface area contributed by atoms with Crippen molar-refractivity contribution in [2.24, 2.45) is 0 Å². The van der Waals surface area contributed by atoms with Crippen LogP contribution in [0.2, 0.25) is 0 Å². The predicted molar refractivity (Wildman–Crippen MR) is 155 cm³/mol. The number of hydrogen-bond acceptors (Lipinski definition) is 12. The molecule has 2 aliphatic carbocycles. The minimum Gasteiger partial charge on any atom is -0.461 e. The van der Waals surface area contributed by atoms with E-state index in [9.17, 15) is 34.1 Å².